The molecule has 0 aliphatic carbocycles. The van der Waals surface area contributed by atoms with Crippen LogP contribution >= 0.6 is 0 Å². The molecular weight excluding hydrogens is 364 g/mol. The Hall–Kier alpha value is -4.00. The molecule has 0 aliphatic heterocycles. The van der Waals surface area contributed by atoms with Crippen molar-refractivity contribution in [3.05, 3.63) is 78.6 Å². The van der Waals surface area contributed by atoms with Crippen LogP contribution < -0.4 is 0 Å². The number of fused-ring (bicyclic) bond motifs is 2. The van der Waals surface area contributed by atoms with Crippen LogP contribution in [-0.2, 0) is 13.5 Å². The maximum absolute atomic E-state index is 12.8. The second kappa shape index (κ2) is 6.87. The van der Waals surface area contributed by atoms with E-state index in [9.17, 15) is 4.79 Å². The molecule has 0 amide bonds. The quantitative estimate of drug-likeness (QED) is 0.444. The fourth-order valence-electron chi connectivity index (χ4n) is 3.27. The number of carbonyl (C=O) groups is 1. The van der Waals surface area contributed by atoms with Crippen LogP contribution in [0.1, 0.15) is 16.1 Å². The molecular formula is C22H16N6O. The number of aryl methyl sites for hydroxylation is 1. The third-order valence-corrected chi connectivity index (χ3v) is 4.76. The van der Waals surface area contributed by atoms with E-state index in [0.717, 1.165) is 27.7 Å². The summed E-state index contributed by atoms with van der Waals surface area (Å²) in [5.74, 6) is -0.0205. The van der Waals surface area contributed by atoms with Crippen molar-refractivity contribution in [3.8, 4) is 11.3 Å². The topological polar surface area (TPSA) is 86.5 Å². The Morgan fingerprint density at radius 1 is 0.931 bits per heavy atom. The number of carbonyl (C=O) groups excluding carboxylic acids is 1. The Morgan fingerprint density at radius 3 is 2.62 bits per heavy atom. The zero-order valence-corrected chi connectivity index (χ0v) is 15.6. The first-order chi connectivity index (χ1) is 14.2. The minimum absolute atomic E-state index is 0.0205. The lowest BCUT2D eigenvalue weighted by molar-refractivity contribution is 0.0992. The molecule has 4 aromatic heterocycles. The highest BCUT2D eigenvalue weighted by Gasteiger charge is 2.11. The van der Waals surface area contributed by atoms with Crippen molar-refractivity contribution in [3.63, 3.8) is 0 Å². The lowest BCUT2D eigenvalue weighted by atomic mass is 10.0. The van der Waals surface area contributed by atoms with E-state index in [1.165, 1.54) is 0 Å². The first-order valence-electron chi connectivity index (χ1n) is 9.14. The summed E-state index contributed by atoms with van der Waals surface area (Å²) in [5.41, 5.74) is 5.32. The molecule has 7 heteroatoms. The van der Waals surface area contributed by atoms with Gasteiger partial charge in [-0.1, -0.05) is 0 Å². The number of aromatic nitrogens is 6. The molecule has 4 heterocycles. The van der Waals surface area contributed by atoms with Gasteiger partial charge < -0.3 is 0 Å². The van der Waals surface area contributed by atoms with Crippen molar-refractivity contribution in [2.75, 3.05) is 0 Å². The molecule has 0 fully saturated rings. The van der Waals surface area contributed by atoms with E-state index in [-0.39, 0.29) is 12.2 Å². The van der Waals surface area contributed by atoms with Gasteiger partial charge in [0.15, 0.2) is 5.78 Å². The monoisotopic (exact) mass is 380 g/mol. The predicted molar refractivity (Wildman–Crippen MR) is 109 cm³/mol. The molecule has 29 heavy (non-hydrogen) atoms. The number of Topliss-reactive ketones (excluding diaryl/α,β-unsaturated/α-hetero) is 1. The van der Waals surface area contributed by atoms with Crippen LogP contribution in [0.2, 0.25) is 0 Å². The molecule has 1 aromatic carbocycles. The van der Waals surface area contributed by atoms with Crippen LogP contribution in [0.5, 0.6) is 0 Å². The van der Waals surface area contributed by atoms with Gasteiger partial charge in [0.05, 0.1) is 40.6 Å². The lowest BCUT2D eigenvalue weighted by Crippen LogP contribution is -2.05. The largest absolute Gasteiger partial charge is 0.294 e. The number of hydrogen-bond acceptors (Lipinski definition) is 6. The Kier molecular flexibility index (Phi) is 4.05. The first-order valence-corrected chi connectivity index (χ1v) is 9.14. The average molecular weight is 380 g/mol. The average Bonchev–Trinajstić information content (AvgIpc) is 3.19. The van der Waals surface area contributed by atoms with E-state index < -0.39 is 0 Å². The molecule has 0 saturated carbocycles. The van der Waals surface area contributed by atoms with Gasteiger partial charge in [-0.25, -0.2) is 4.98 Å². The smallest absolute Gasteiger partial charge is 0.168 e. The van der Waals surface area contributed by atoms with E-state index in [4.69, 9.17) is 4.98 Å². The molecule has 5 aromatic rings. The van der Waals surface area contributed by atoms with E-state index >= 15 is 0 Å². The molecule has 0 bridgehead atoms. The molecule has 0 atom stereocenters. The number of ketones is 1. The molecule has 7 nitrogen and oxygen atoms in total. The first kappa shape index (κ1) is 17.1. The zero-order chi connectivity index (χ0) is 19.8. The van der Waals surface area contributed by atoms with Crippen LogP contribution in [0.15, 0.2) is 67.4 Å². The van der Waals surface area contributed by atoms with Gasteiger partial charge in [0.25, 0.3) is 0 Å². The maximum atomic E-state index is 12.8. The summed E-state index contributed by atoms with van der Waals surface area (Å²) in [6.45, 7) is 0. The number of hydrogen-bond donors (Lipinski definition) is 0. The van der Waals surface area contributed by atoms with E-state index in [0.29, 0.717) is 16.8 Å². The van der Waals surface area contributed by atoms with Gasteiger partial charge >= 0.3 is 0 Å². The lowest BCUT2D eigenvalue weighted by Gasteiger charge is -2.05. The summed E-state index contributed by atoms with van der Waals surface area (Å²) in [5, 5.41) is 5.12. The molecule has 5 rings (SSSR count). The maximum Gasteiger partial charge on any atom is 0.168 e. The molecule has 0 N–H and O–H groups in total. The number of pyridine rings is 2. The fourth-order valence-corrected chi connectivity index (χ4v) is 3.27. The standard InChI is InChI=1S/C22H16N6O/c1-28-13-16(12-26-28)18-4-3-15-11-25-17(9-20(15)27-18)10-22(29)14-2-5-19-21(8-14)24-7-6-23-19/h2-9,11-13H,10H2,1H3. The molecule has 140 valence electrons. The minimum Gasteiger partial charge on any atom is -0.294 e. The van der Waals surface area contributed by atoms with Gasteiger partial charge in [-0.15, -0.1) is 0 Å². The summed E-state index contributed by atoms with van der Waals surface area (Å²) in [6.07, 6.45) is 8.90. The van der Waals surface area contributed by atoms with E-state index in [1.54, 1.807) is 41.6 Å². The minimum atomic E-state index is -0.0205. The number of nitrogens with zero attached hydrogens (tertiary/aromatic N) is 6. The van der Waals surface area contributed by atoms with Gasteiger partial charge in [-0.2, -0.15) is 5.10 Å². The van der Waals surface area contributed by atoms with Crippen molar-refractivity contribution in [2.45, 2.75) is 6.42 Å². The molecule has 0 saturated heterocycles. The van der Waals surface area contributed by atoms with Crippen molar-refractivity contribution in [1.82, 2.24) is 29.7 Å². The van der Waals surface area contributed by atoms with Crippen molar-refractivity contribution >= 4 is 27.7 Å². The Morgan fingerprint density at radius 2 is 1.79 bits per heavy atom. The Balaban J connectivity index is 1.45. The van der Waals surface area contributed by atoms with Crippen LogP contribution in [0.25, 0.3) is 33.2 Å². The summed E-state index contributed by atoms with van der Waals surface area (Å²) in [6, 6.07) is 11.1. The SMILES string of the molecule is Cn1cc(-c2ccc3cnc(CC(=O)c4ccc5nccnc5c4)cc3n2)cn1. The predicted octanol–water partition coefficient (Wildman–Crippen LogP) is 3.40. The molecule has 0 aliphatic rings. The third kappa shape index (κ3) is 3.34. The van der Waals surface area contributed by atoms with Crippen LogP contribution in [0.3, 0.4) is 0 Å². The summed E-state index contributed by atoms with van der Waals surface area (Å²) < 4.78 is 1.74. The molecule has 0 radical (unpaired) electrons. The number of benzene rings is 1. The van der Waals surface area contributed by atoms with Gasteiger partial charge in [-0.05, 0) is 36.4 Å². The van der Waals surface area contributed by atoms with Crippen molar-refractivity contribution < 1.29 is 4.79 Å². The van der Waals surface area contributed by atoms with E-state index in [2.05, 4.69) is 20.1 Å². The fraction of sp³-hybridized carbons (Fsp3) is 0.0909. The molecule has 0 unspecified atom stereocenters. The zero-order valence-electron chi connectivity index (χ0n) is 15.6. The summed E-state index contributed by atoms with van der Waals surface area (Å²) in [7, 11) is 1.87. The van der Waals surface area contributed by atoms with E-state index in [1.807, 2.05) is 37.5 Å². The normalized spacial score (nSPS) is 11.2. The van der Waals surface area contributed by atoms with Gasteiger partial charge in [-0.3, -0.25) is 24.4 Å². The highest BCUT2D eigenvalue weighted by molar-refractivity contribution is 6.00. The van der Waals surface area contributed by atoms with Crippen molar-refractivity contribution in [2.24, 2.45) is 7.05 Å². The Bertz CT molecular complexity index is 1370. The van der Waals surface area contributed by atoms with Gasteiger partial charge in [0, 0.05) is 48.3 Å². The molecule has 0 spiro atoms. The second-order valence-electron chi connectivity index (χ2n) is 6.83. The third-order valence-electron chi connectivity index (χ3n) is 4.76. The number of rotatable bonds is 4. The van der Waals surface area contributed by atoms with Crippen LogP contribution in [-0.4, -0.2) is 35.5 Å². The summed E-state index contributed by atoms with van der Waals surface area (Å²) in [4.78, 5) is 30.4. The Labute approximate surface area is 166 Å². The summed E-state index contributed by atoms with van der Waals surface area (Å²) >= 11 is 0. The van der Waals surface area contributed by atoms with Crippen LogP contribution in [0, 0.1) is 0 Å². The van der Waals surface area contributed by atoms with Crippen LogP contribution in [0.4, 0.5) is 0 Å². The van der Waals surface area contributed by atoms with Gasteiger partial charge in [0.1, 0.15) is 0 Å². The highest BCUT2D eigenvalue weighted by atomic mass is 16.1. The van der Waals surface area contributed by atoms with Gasteiger partial charge in [0.2, 0.25) is 0 Å². The van der Waals surface area contributed by atoms with Crippen molar-refractivity contribution in [1.29, 1.82) is 0 Å². The second-order valence-corrected chi connectivity index (χ2v) is 6.83. The highest BCUT2D eigenvalue weighted by Crippen LogP contribution is 2.21.